The van der Waals surface area contributed by atoms with Crippen molar-refractivity contribution in [2.75, 3.05) is 6.54 Å². The zero-order valence-corrected chi connectivity index (χ0v) is 11.7. The molecule has 2 rings (SSSR count). The Morgan fingerprint density at radius 3 is 2.95 bits per heavy atom. The molecule has 100 valence electrons. The number of hydrogen-bond donors (Lipinski definition) is 1. The first kappa shape index (κ1) is 13.9. The highest BCUT2D eigenvalue weighted by atomic mass is 32.2. The molecule has 1 aromatic heterocycles. The van der Waals surface area contributed by atoms with Gasteiger partial charge in [0.15, 0.2) is 0 Å². The second-order valence-electron chi connectivity index (χ2n) is 3.90. The fourth-order valence-electron chi connectivity index (χ4n) is 1.61. The summed E-state index contributed by atoms with van der Waals surface area (Å²) in [6, 6.07) is 6.91. The van der Waals surface area contributed by atoms with Crippen molar-refractivity contribution in [1.82, 2.24) is 13.5 Å². The van der Waals surface area contributed by atoms with Gasteiger partial charge in [0, 0.05) is 13.0 Å². The van der Waals surface area contributed by atoms with Gasteiger partial charge in [-0.2, -0.15) is 14.0 Å². The lowest BCUT2D eigenvalue weighted by Gasteiger charge is -2.06. The van der Waals surface area contributed by atoms with Gasteiger partial charge in [0.2, 0.25) is 10.0 Å². The number of fused-ring (bicyclic) bond motifs is 1. The van der Waals surface area contributed by atoms with E-state index < -0.39 is 10.0 Å². The molecule has 0 atom stereocenters. The minimum atomic E-state index is -3.57. The van der Waals surface area contributed by atoms with Crippen LogP contribution in [0.3, 0.4) is 0 Å². The van der Waals surface area contributed by atoms with Gasteiger partial charge in [-0.15, -0.1) is 0 Å². The standard InChI is InChI=1S/C11H12N4O2S2/c12-7-2-1-3-8-13-19(16,17)10-6-4-5-9-11(10)15-18-14-9/h4-6,13H,1-3,8H2. The Kier molecular flexibility index (Phi) is 4.42. The third kappa shape index (κ3) is 3.26. The van der Waals surface area contributed by atoms with Gasteiger partial charge in [-0.25, -0.2) is 13.1 Å². The smallest absolute Gasteiger partial charge is 0.211 e. The second kappa shape index (κ2) is 6.06. The van der Waals surface area contributed by atoms with E-state index in [9.17, 15) is 8.42 Å². The van der Waals surface area contributed by atoms with Gasteiger partial charge >= 0.3 is 0 Å². The molecule has 0 spiro atoms. The lowest BCUT2D eigenvalue weighted by molar-refractivity contribution is 0.578. The van der Waals surface area contributed by atoms with E-state index in [2.05, 4.69) is 13.5 Å². The summed E-state index contributed by atoms with van der Waals surface area (Å²) < 4.78 is 34.8. The van der Waals surface area contributed by atoms with Gasteiger partial charge in [0.1, 0.15) is 15.9 Å². The topological polar surface area (TPSA) is 95.7 Å². The van der Waals surface area contributed by atoms with Crippen molar-refractivity contribution < 1.29 is 8.42 Å². The first-order valence-corrected chi connectivity index (χ1v) is 7.94. The molecule has 0 aliphatic heterocycles. The molecular formula is C11H12N4O2S2. The highest BCUT2D eigenvalue weighted by Crippen LogP contribution is 2.20. The summed E-state index contributed by atoms with van der Waals surface area (Å²) >= 11 is 0.990. The van der Waals surface area contributed by atoms with E-state index in [1.54, 1.807) is 12.1 Å². The quantitative estimate of drug-likeness (QED) is 0.818. The molecule has 0 saturated heterocycles. The molecule has 1 aromatic carbocycles. The number of nitriles is 1. The number of nitrogens with one attached hydrogen (secondary N) is 1. The predicted molar refractivity (Wildman–Crippen MR) is 72.1 cm³/mol. The summed E-state index contributed by atoms with van der Waals surface area (Å²) in [5.74, 6) is 0. The van der Waals surface area contributed by atoms with E-state index in [4.69, 9.17) is 5.26 Å². The average molecular weight is 296 g/mol. The first-order valence-electron chi connectivity index (χ1n) is 5.73. The van der Waals surface area contributed by atoms with Gasteiger partial charge < -0.3 is 0 Å². The Hall–Kier alpha value is -1.56. The Morgan fingerprint density at radius 2 is 2.16 bits per heavy atom. The number of sulfonamides is 1. The van der Waals surface area contributed by atoms with E-state index in [1.807, 2.05) is 6.07 Å². The highest BCUT2D eigenvalue weighted by Gasteiger charge is 2.18. The molecule has 1 N–H and O–H groups in total. The van der Waals surface area contributed by atoms with Gasteiger partial charge in [0.25, 0.3) is 0 Å². The molecule has 8 heteroatoms. The summed E-state index contributed by atoms with van der Waals surface area (Å²) in [5, 5.41) is 8.40. The van der Waals surface area contributed by atoms with Crippen LogP contribution in [0.15, 0.2) is 23.1 Å². The zero-order chi connectivity index (χ0) is 13.7. The lowest BCUT2D eigenvalue weighted by atomic mass is 10.2. The van der Waals surface area contributed by atoms with E-state index in [0.717, 1.165) is 11.7 Å². The Bertz CT molecular complexity index is 703. The first-order chi connectivity index (χ1) is 9.15. The number of hydrogen-bond acceptors (Lipinski definition) is 6. The van der Waals surface area contributed by atoms with Crippen molar-refractivity contribution in [2.24, 2.45) is 0 Å². The van der Waals surface area contributed by atoms with Crippen LogP contribution in [0, 0.1) is 11.3 Å². The molecule has 0 aliphatic carbocycles. The van der Waals surface area contributed by atoms with Crippen LogP contribution in [-0.2, 0) is 10.0 Å². The summed E-state index contributed by atoms with van der Waals surface area (Å²) in [6.45, 7) is 0.317. The summed E-state index contributed by atoms with van der Waals surface area (Å²) in [4.78, 5) is 0.152. The molecule has 0 bridgehead atoms. The predicted octanol–water partition coefficient (Wildman–Crippen LogP) is 1.66. The number of nitrogens with zero attached hydrogens (tertiary/aromatic N) is 3. The molecule has 0 amide bonds. The fourth-order valence-corrected chi connectivity index (χ4v) is 3.45. The summed E-state index contributed by atoms with van der Waals surface area (Å²) in [7, 11) is -3.57. The normalized spacial score (nSPS) is 11.5. The van der Waals surface area contributed by atoms with Crippen LogP contribution < -0.4 is 4.72 Å². The molecule has 0 saturated carbocycles. The molecular weight excluding hydrogens is 284 g/mol. The molecule has 0 fully saturated rings. The van der Waals surface area contributed by atoms with E-state index in [1.165, 1.54) is 6.07 Å². The second-order valence-corrected chi connectivity index (χ2v) is 6.16. The Morgan fingerprint density at radius 1 is 1.32 bits per heavy atom. The summed E-state index contributed by atoms with van der Waals surface area (Å²) in [6.07, 6.45) is 1.76. The van der Waals surface area contributed by atoms with Crippen LogP contribution in [0.5, 0.6) is 0 Å². The molecule has 0 unspecified atom stereocenters. The van der Waals surface area contributed by atoms with Crippen LogP contribution in [-0.4, -0.2) is 23.7 Å². The SMILES string of the molecule is N#CCCCCNS(=O)(=O)c1cccc2nsnc12. The van der Waals surface area contributed by atoms with Crippen LogP contribution in [0.4, 0.5) is 0 Å². The average Bonchev–Trinajstić information content (AvgIpc) is 2.86. The minimum Gasteiger partial charge on any atom is -0.211 e. The highest BCUT2D eigenvalue weighted by molar-refractivity contribution is 7.89. The van der Waals surface area contributed by atoms with Crippen molar-refractivity contribution in [2.45, 2.75) is 24.2 Å². The van der Waals surface area contributed by atoms with Crippen LogP contribution >= 0.6 is 11.7 Å². The maximum Gasteiger partial charge on any atom is 0.242 e. The fraction of sp³-hybridized carbons (Fsp3) is 0.364. The molecule has 19 heavy (non-hydrogen) atoms. The third-order valence-corrected chi connectivity index (χ3v) is 4.58. The number of aromatic nitrogens is 2. The van der Waals surface area contributed by atoms with Crippen molar-refractivity contribution in [3.8, 4) is 6.07 Å². The zero-order valence-electron chi connectivity index (χ0n) is 10.0. The van der Waals surface area contributed by atoms with Crippen molar-refractivity contribution in [1.29, 1.82) is 5.26 Å². The summed E-state index contributed by atoms with van der Waals surface area (Å²) in [5.41, 5.74) is 0.981. The molecule has 0 aliphatic rings. The van der Waals surface area contributed by atoms with Crippen molar-refractivity contribution in [3.05, 3.63) is 18.2 Å². The van der Waals surface area contributed by atoms with Crippen LogP contribution in [0.2, 0.25) is 0 Å². The van der Waals surface area contributed by atoms with Gasteiger partial charge in [-0.05, 0) is 25.0 Å². The molecule has 1 heterocycles. The maximum atomic E-state index is 12.1. The largest absolute Gasteiger partial charge is 0.242 e. The molecule has 0 radical (unpaired) electrons. The van der Waals surface area contributed by atoms with E-state index in [-0.39, 0.29) is 4.90 Å². The van der Waals surface area contributed by atoms with E-state index in [0.29, 0.717) is 36.8 Å². The van der Waals surface area contributed by atoms with Crippen molar-refractivity contribution in [3.63, 3.8) is 0 Å². The maximum absolute atomic E-state index is 12.1. The lowest BCUT2D eigenvalue weighted by Crippen LogP contribution is -2.25. The molecule has 2 aromatic rings. The van der Waals surface area contributed by atoms with Gasteiger partial charge in [0.05, 0.1) is 17.8 Å². The monoisotopic (exact) mass is 296 g/mol. The number of rotatable bonds is 6. The van der Waals surface area contributed by atoms with E-state index >= 15 is 0 Å². The Balaban J connectivity index is 2.12. The minimum absolute atomic E-state index is 0.152. The Labute approximate surface area is 115 Å². The van der Waals surface area contributed by atoms with Gasteiger partial charge in [-0.1, -0.05) is 6.07 Å². The third-order valence-electron chi connectivity index (χ3n) is 2.55. The number of unbranched alkanes of at least 4 members (excludes halogenated alkanes) is 2. The molecule has 6 nitrogen and oxygen atoms in total. The number of benzene rings is 1. The van der Waals surface area contributed by atoms with Gasteiger partial charge in [-0.3, -0.25) is 0 Å². The van der Waals surface area contributed by atoms with Crippen molar-refractivity contribution >= 4 is 32.8 Å². The van der Waals surface area contributed by atoms with Crippen LogP contribution in [0.1, 0.15) is 19.3 Å². The van der Waals surface area contributed by atoms with Crippen LogP contribution in [0.25, 0.3) is 11.0 Å².